The predicted octanol–water partition coefficient (Wildman–Crippen LogP) is 2.87. The Kier molecular flexibility index (Phi) is 3.74. The van der Waals surface area contributed by atoms with E-state index in [1.165, 1.54) is 16.9 Å². The van der Waals surface area contributed by atoms with Crippen LogP contribution < -0.4 is 5.32 Å². The zero-order valence-corrected chi connectivity index (χ0v) is 10.1. The van der Waals surface area contributed by atoms with Crippen molar-refractivity contribution in [2.45, 2.75) is 25.9 Å². The van der Waals surface area contributed by atoms with E-state index in [4.69, 9.17) is 0 Å². The first-order valence-corrected chi connectivity index (χ1v) is 6.35. The molecular weight excluding hydrogens is 220 g/mol. The lowest BCUT2D eigenvalue weighted by molar-refractivity contribution is 0.164. The molecule has 0 aliphatic carbocycles. The molecule has 3 nitrogen and oxygen atoms in total. The van der Waals surface area contributed by atoms with Gasteiger partial charge in [-0.3, -0.25) is 0 Å². The van der Waals surface area contributed by atoms with Gasteiger partial charge in [0.05, 0.1) is 11.6 Å². The van der Waals surface area contributed by atoms with Gasteiger partial charge in [-0.1, -0.05) is 19.1 Å². The quantitative estimate of drug-likeness (QED) is 0.839. The molecule has 0 amide bonds. The Morgan fingerprint density at radius 1 is 1.44 bits per heavy atom. The molecule has 1 heterocycles. The van der Waals surface area contributed by atoms with E-state index in [1.54, 1.807) is 0 Å². The Morgan fingerprint density at radius 3 is 3.06 bits per heavy atom. The molecule has 0 spiro atoms. The van der Waals surface area contributed by atoms with E-state index in [-0.39, 0.29) is 6.10 Å². The van der Waals surface area contributed by atoms with Gasteiger partial charge in [-0.25, -0.2) is 0 Å². The lowest BCUT2D eigenvalue weighted by Gasteiger charge is -2.08. The molecule has 2 rings (SSSR count). The van der Waals surface area contributed by atoms with Gasteiger partial charge in [0.1, 0.15) is 5.00 Å². The molecule has 16 heavy (non-hydrogen) atoms. The zero-order chi connectivity index (χ0) is 11.4. The Hall–Kier alpha value is -1.13. The van der Waals surface area contributed by atoms with Gasteiger partial charge in [-0.15, -0.1) is 0 Å². The molecule has 2 aromatic rings. The molecule has 1 aromatic carbocycles. The first-order valence-electron chi connectivity index (χ1n) is 5.57. The third kappa shape index (κ3) is 2.51. The molecule has 0 saturated heterocycles. The van der Waals surface area contributed by atoms with Crippen LogP contribution in [0, 0.1) is 0 Å². The van der Waals surface area contributed by atoms with E-state index in [1.807, 2.05) is 25.1 Å². The fraction of sp³-hybridized carbons (Fsp3) is 0.417. The number of aromatic nitrogens is 1. The Balaban J connectivity index is 1.99. The molecule has 1 aromatic heterocycles. The van der Waals surface area contributed by atoms with Gasteiger partial charge in [-0.2, -0.15) is 4.37 Å². The first kappa shape index (κ1) is 11.4. The van der Waals surface area contributed by atoms with Gasteiger partial charge >= 0.3 is 0 Å². The highest BCUT2D eigenvalue weighted by atomic mass is 32.1. The predicted molar refractivity (Wildman–Crippen MR) is 69.0 cm³/mol. The molecule has 0 bridgehead atoms. The summed E-state index contributed by atoms with van der Waals surface area (Å²) < 4.78 is 4.35. The number of nitrogens with one attached hydrogen (secondary N) is 1. The smallest absolute Gasteiger partial charge is 0.117 e. The van der Waals surface area contributed by atoms with E-state index < -0.39 is 0 Å². The van der Waals surface area contributed by atoms with Crippen LogP contribution in [-0.2, 0) is 0 Å². The van der Waals surface area contributed by atoms with Gasteiger partial charge in [-0.05, 0) is 36.5 Å². The van der Waals surface area contributed by atoms with E-state index in [0.717, 1.165) is 29.9 Å². The number of anilines is 1. The van der Waals surface area contributed by atoms with Crippen LogP contribution in [0.1, 0.15) is 19.8 Å². The Bertz CT molecular complexity index is 455. The Morgan fingerprint density at radius 2 is 2.25 bits per heavy atom. The number of benzene rings is 1. The van der Waals surface area contributed by atoms with E-state index in [9.17, 15) is 5.11 Å². The molecule has 1 unspecified atom stereocenters. The number of aliphatic hydroxyl groups is 1. The van der Waals surface area contributed by atoms with Crippen molar-refractivity contribution in [3.05, 3.63) is 24.3 Å². The first-order chi connectivity index (χ1) is 7.81. The minimum absolute atomic E-state index is 0.202. The molecule has 0 fully saturated rings. The van der Waals surface area contributed by atoms with E-state index in [0.29, 0.717) is 0 Å². The maximum Gasteiger partial charge on any atom is 0.117 e. The van der Waals surface area contributed by atoms with Crippen LogP contribution in [0.25, 0.3) is 10.9 Å². The summed E-state index contributed by atoms with van der Waals surface area (Å²) in [6.45, 7) is 2.79. The van der Waals surface area contributed by atoms with Gasteiger partial charge in [0.25, 0.3) is 0 Å². The van der Waals surface area contributed by atoms with Crippen molar-refractivity contribution < 1.29 is 5.11 Å². The van der Waals surface area contributed by atoms with Gasteiger partial charge in [0.15, 0.2) is 0 Å². The normalized spacial score (nSPS) is 12.9. The molecule has 0 saturated carbocycles. The average molecular weight is 236 g/mol. The van der Waals surface area contributed by atoms with Crippen LogP contribution in [0.4, 0.5) is 5.00 Å². The van der Waals surface area contributed by atoms with Crippen molar-refractivity contribution in [1.29, 1.82) is 0 Å². The topological polar surface area (TPSA) is 45.1 Å². The second-order valence-electron chi connectivity index (χ2n) is 3.81. The maximum absolute atomic E-state index is 9.45. The number of fused-ring (bicyclic) bond motifs is 1. The van der Waals surface area contributed by atoms with Crippen LogP contribution >= 0.6 is 11.5 Å². The van der Waals surface area contributed by atoms with E-state index in [2.05, 4.69) is 15.8 Å². The molecule has 4 heteroatoms. The Labute approximate surface area is 99.3 Å². The number of aliphatic hydroxyl groups excluding tert-OH is 1. The molecule has 0 radical (unpaired) electrons. The summed E-state index contributed by atoms with van der Waals surface area (Å²) in [4.78, 5) is 0. The summed E-state index contributed by atoms with van der Waals surface area (Å²) >= 11 is 1.48. The zero-order valence-electron chi connectivity index (χ0n) is 9.31. The number of hydrogen-bond acceptors (Lipinski definition) is 4. The van der Waals surface area contributed by atoms with Crippen molar-refractivity contribution in [1.82, 2.24) is 4.37 Å². The fourth-order valence-corrected chi connectivity index (χ4v) is 2.36. The summed E-state index contributed by atoms with van der Waals surface area (Å²) in [6.07, 6.45) is 1.39. The van der Waals surface area contributed by atoms with Gasteiger partial charge < -0.3 is 10.4 Å². The summed E-state index contributed by atoms with van der Waals surface area (Å²) in [5.74, 6) is 0. The lowest BCUT2D eigenvalue weighted by atomic mass is 10.2. The molecule has 1 atom stereocenters. The van der Waals surface area contributed by atoms with E-state index >= 15 is 0 Å². The minimum atomic E-state index is -0.202. The van der Waals surface area contributed by atoms with Crippen molar-refractivity contribution in [3.63, 3.8) is 0 Å². The van der Waals surface area contributed by atoms with Gasteiger partial charge in [0.2, 0.25) is 0 Å². The molecular formula is C12H16N2OS. The SMILES string of the molecule is CCC(O)CCNc1snc2ccccc12. The summed E-state index contributed by atoms with van der Waals surface area (Å²) in [6, 6.07) is 8.09. The van der Waals surface area contributed by atoms with Crippen LogP contribution in [-0.4, -0.2) is 22.1 Å². The van der Waals surface area contributed by atoms with Crippen molar-refractivity contribution in [2.75, 3.05) is 11.9 Å². The molecule has 2 N–H and O–H groups in total. The third-order valence-corrected chi connectivity index (χ3v) is 3.45. The monoisotopic (exact) mass is 236 g/mol. The lowest BCUT2D eigenvalue weighted by Crippen LogP contribution is -2.11. The van der Waals surface area contributed by atoms with Crippen LogP contribution in [0.3, 0.4) is 0 Å². The number of rotatable bonds is 5. The number of nitrogens with zero attached hydrogens (tertiary/aromatic N) is 1. The van der Waals surface area contributed by atoms with Crippen LogP contribution in [0.2, 0.25) is 0 Å². The second kappa shape index (κ2) is 5.27. The number of hydrogen-bond donors (Lipinski definition) is 2. The average Bonchev–Trinajstić information content (AvgIpc) is 2.73. The highest BCUT2D eigenvalue weighted by Crippen LogP contribution is 2.27. The maximum atomic E-state index is 9.45. The molecule has 0 aliphatic heterocycles. The molecule has 0 aliphatic rings. The summed E-state index contributed by atoms with van der Waals surface area (Å²) in [7, 11) is 0. The van der Waals surface area contributed by atoms with Crippen molar-refractivity contribution in [3.8, 4) is 0 Å². The van der Waals surface area contributed by atoms with Crippen molar-refractivity contribution >= 4 is 27.4 Å². The van der Waals surface area contributed by atoms with Crippen LogP contribution in [0.5, 0.6) is 0 Å². The summed E-state index contributed by atoms with van der Waals surface area (Å²) in [5, 5.41) is 15.0. The third-order valence-electron chi connectivity index (χ3n) is 2.62. The van der Waals surface area contributed by atoms with Gasteiger partial charge in [0, 0.05) is 11.9 Å². The standard InChI is InChI=1S/C12H16N2OS/c1-2-9(15)7-8-13-12-10-5-3-4-6-11(10)14-16-12/h3-6,9,13,15H,2,7-8H2,1H3. The fourth-order valence-electron chi connectivity index (χ4n) is 1.57. The van der Waals surface area contributed by atoms with Crippen molar-refractivity contribution in [2.24, 2.45) is 0 Å². The second-order valence-corrected chi connectivity index (χ2v) is 4.58. The minimum Gasteiger partial charge on any atom is -0.393 e. The van der Waals surface area contributed by atoms with Crippen LogP contribution in [0.15, 0.2) is 24.3 Å². The highest BCUT2D eigenvalue weighted by Gasteiger charge is 2.05. The highest BCUT2D eigenvalue weighted by molar-refractivity contribution is 7.11. The summed E-state index contributed by atoms with van der Waals surface area (Å²) in [5.41, 5.74) is 1.03. The largest absolute Gasteiger partial charge is 0.393 e. The molecule has 86 valence electrons.